The van der Waals surface area contributed by atoms with E-state index in [0.717, 1.165) is 15.9 Å². The van der Waals surface area contributed by atoms with Gasteiger partial charge in [-0.05, 0) is 29.8 Å². The van der Waals surface area contributed by atoms with Crippen molar-refractivity contribution in [2.75, 3.05) is 12.8 Å². The highest BCUT2D eigenvalue weighted by Gasteiger charge is 2.12. The maximum atomic E-state index is 5.76. The van der Waals surface area contributed by atoms with Crippen molar-refractivity contribution in [3.63, 3.8) is 0 Å². The summed E-state index contributed by atoms with van der Waals surface area (Å²) < 4.78 is 7.71. The number of rotatable bonds is 3. The summed E-state index contributed by atoms with van der Waals surface area (Å²) in [6.45, 7) is 4.20. The average Bonchev–Trinajstić information content (AvgIpc) is 2.57. The lowest BCUT2D eigenvalue weighted by Gasteiger charge is -2.06. The minimum absolute atomic E-state index is 0.318. The van der Waals surface area contributed by atoms with Crippen molar-refractivity contribution >= 4 is 21.7 Å². The molecule has 18 heavy (non-hydrogen) atoms. The molecule has 2 N–H and O–H groups in total. The lowest BCUT2D eigenvalue weighted by Crippen LogP contribution is -2.08. The molecule has 0 bridgehead atoms. The van der Waals surface area contributed by atoms with Gasteiger partial charge >= 0.3 is 0 Å². The maximum Gasteiger partial charge on any atom is 0.159 e. The van der Waals surface area contributed by atoms with Crippen LogP contribution in [-0.2, 0) is 11.3 Å². The first kappa shape index (κ1) is 13.0. The first-order chi connectivity index (χ1) is 8.52. The zero-order valence-corrected chi connectivity index (χ0v) is 12.0. The molecule has 2 heterocycles. The number of anilines is 1. The second-order valence-corrected chi connectivity index (χ2v) is 4.69. The lowest BCUT2D eigenvalue weighted by molar-refractivity contribution is 0.178. The highest BCUT2D eigenvalue weighted by molar-refractivity contribution is 9.10. The summed E-state index contributed by atoms with van der Waals surface area (Å²) in [4.78, 5) is 8.47. The Kier molecular flexibility index (Phi) is 3.63. The third kappa shape index (κ3) is 2.37. The van der Waals surface area contributed by atoms with Crippen molar-refractivity contribution in [1.82, 2.24) is 19.7 Å². The summed E-state index contributed by atoms with van der Waals surface area (Å²) in [6, 6.07) is 1.69. The van der Waals surface area contributed by atoms with Gasteiger partial charge in [-0.15, -0.1) is 0 Å². The predicted molar refractivity (Wildman–Crippen MR) is 71.5 cm³/mol. The summed E-state index contributed by atoms with van der Waals surface area (Å²) in [6.07, 6.45) is 0. The highest BCUT2D eigenvalue weighted by atomic mass is 79.9. The van der Waals surface area contributed by atoms with Gasteiger partial charge in [-0.3, -0.25) is 0 Å². The van der Waals surface area contributed by atoms with E-state index in [1.807, 2.05) is 13.8 Å². The molecular weight excluding hydrogens is 298 g/mol. The van der Waals surface area contributed by atoms with E-state index in [9.17, 15) is 0 Å². The molecule has 6 nitrogen and oxygen atoms in total. The Balaban J connectivity index is 2.52. The summed E-state index contributed by atoms with van der Waals surface area (Å²) in [5, 5.41) is 4.41. The number of nitrogen functional groups attached to an aromatic ring is 1. The summed E-state index contributed by atoms with van der Waals surface area (Å²) in [5.74, 6) is 1.58. The summed E-state index contributed by atoms with van der Waals surface area (Å²) in [5.41, 5.74) is 7.63. The predicted octanol–water partition coefficient (Wildman–Crippen LogP) is 1.77. The van der Waals surface area contributed by atoms with Crippen LogP contribution in [0.3, 0.4) is 0 Å². The monoisotopic (exact) mass is 311 g/mol. The number of ether oxygens (including phenoxy) is 1. The summed E-state index contributed by atoms with van der Waals surface area (Å²) in [7, 11) is 1.59. The fourth-order valence-corrected chi connectivity index (χ4v) is 1.90. The van der Waals surface area contributed by atoms with Crippen LogP contribution in [0.1, 0.15) is 17.2 Å². The normalized spacial score (nSPS) is 10.9. The van der Waals surface area contributed by atoms with E-state index in [0.29, 0.717) is 24.1 Å². The zero-order valence-electron chi connectivity index (χ0n) is 10.4. The first-order valence-electron chi connectivity index (χ1n) is 5.37. The molecular formula is C11H14BrN5O. The van der Waals surface area contributed by atoms with Crippen LogP contribution in [0.4, 0.5) is 5.82 Å². The number of nitrogens with zero attached hydrogens (tertiary/aromatic N) is 4. The van der Waals surface area contributed by atoms with Crippen LogP contribution in [0.25, 0.3) is 5.82 Å². The molecule has 0 saturated heterocycles. The molecule has 0 saturated carbocycles. The van der Waals surface area contributed by atoms with E-state index in [-0.39, 0.29) is 0 Å². The lowest BCUT2D eigenvalue weighted by atomic mass is 10.4. The Morgan fingerprint density at radius 2 is 2.11 bits per heavy atom. The average molecular weight is 312 g/mol. The van der Waals surface area contributed by atoms with Crippen molar-refractivity contribution in [2.24, 2.45) is 0 Å². The van der Waals surface area contributed by atoms with Crippen molar-refractivity contribution in [2.45, 2.75) is 20.5 Å². The standard InChI is InChI=1S/C11H14BrN5O/c1-6-11(12)7(2)17(16-6)10-4-8(13)14-9(15-10)5-18-3/h4H,5H2,1-3H3,(H2,13,14,15). The van der Waals surface area contributed by atoms with Gasteiger partial charge in [-0.2, -0.15) is 5.10 Å². The van der Waals surface area contributed by atoms with Crippen molar-refractivity contribution in [3.05, 3.63) is 27.8 Å². The van der Waals surface area contributed by atoms with Crippen molar-refractivity contribution in [1.29, 1.82) is 0 Å². The highest BCUT2D eigenvalue weighted by Crippen LogP contribution is 2.22. The maximum absolute atomic E-state index is 5.76. The molecule has 0 unspecified atom stereocenters. The number of aromatic nitrogens is 4. The molecule has 0 fully saturated rings. The van der Waals surface area contributed by atoms with Crippen molar-refractivity contribution in [3.8, 4) is 5.82 Å². The Hall–Kier alpha value is -1.47. The SMILES string of the molecule is COCc1nc(N)cc(-n2nc(C)c(Br)c2C)n1. The molecule has 0 aliphatic heterocycles. The van der Waals surface area contributed by atoms with Crippen LogP contribution in [0.15, 0.2) is 10.5 Å². The molecule has 0 radical (unpaired) electrons. The molecule has 2 aromatic rings. The Bertz CT molecular complexity index is 581. The van der Waals surface area contributed by atoms with Gasteiger partial charge in [-0.1, -0.05) is 0 Å². The minimum Gasteiger partial charge on any atom is -0.384 e. The molecule has 96 valence electrons. The van der Waals surface area contributed by atoms with Gasteiger partial charge < -0.3 is 10.5 Å². The van der Waals surface area contributed by atoms with Gasteiger partial charge in [0.15, 0.2) is 11.6 Å². The number of methoxy groups -OCH3 is 1. The topological polar surface area (TPSA) is 78.9 Å². The fourth-order valence-electron chi connectivity index (χ4n) is 1.65. The van der Waals surface area contributed by atoms with E-state index < -0.39 is 0 Å². The molecule has 2 rings (SSSR count). The van der Waals surface area contributed by atoms with E-state index >= 15 is 0 Å². The van der Waals surface area contributed by atoms with Crippen molar-refractivity contribution < 1.29 is 4.74 Å². The molecule has 0 aliphatic rings. The van der Waals surface area contributed by atoms with E-state index in [4.69, 9.17) is 10.5 Å². The van der Waals surface area contributed by atoms with Crippen LogP contribution < -0.4 is 5.73 Å². The number of aryl methyl sites for hydroxylation is 1. The molecule has 0 amide bonds. The van der Waals surface area contributed by atoms with E-state index in [1.165, 1.54) is 0 Å². The molecule has 2 aromatic heterocycles. The van der Waals surface area contributed by atoms with Gasteiger partial charge in [0.1, 0.15) is 12.4 Å². The largest absolute Gasteiger partial charge is 0.384 e. The van der Waals surface area contributed by atoms with Gasteiger partial charge in [0.25, 0.3) is 0 Å². The number of halogens is 1. The van der Waals surface area contributed by atoms with Crippen LogP contribution in [0.2, 0.25) is 0 Å². The van der Waals surface area contributed by atoms with E-state index in [1.54, 1.807) is 17.9 Å². The van der Waals surface area contributed by atoms with Crippen LogP contribution in [0.5, 0.6) is 0 Å². The Labute approximate surface area is 113 Å². The van der Waals surface area contributed by atoms with Crippen LogP contribution >= 0.6 is 15.9 Å². The first-order valence-corrected chi connectivity index (χ1v) is 6.16. The second kappa shape index (κ2) is 5.03. The zero-order chi connectivity index (χ0) is 13.3. The Morgan fingerprint density at radius 3 is 2.67 bits per heavy atom. The van der Waals surface area contributed by atoms with Gasteiger partial charge in [-0.25, -0.2) is 14.6 Å². The minimum atomic E-state index is 0.318. The third-order valence-corrected chi connectivity index (χ3v) is 3.62. The van der Waals surface area contributed by atoms with Gasteiger partial charge in [0, 0.05) is 13.2 Å². The van der Waals surface area contributed by atoms with Gasteiger partial charge in [0.05, 0.1) is 15.9 Å². The van der Waals surface area contributed by atoms with E-state index in [2.05, 4.69) is 31.0 Å². The summed E-state index contributed by atoms with van der Waals surface area (Å²) >= 11 is 3.48. The quantitative estimate of drug-likeness (QED) is 0.934. The fraction of sp³-hybridized carbons (Fsp3) is 0.364. The van der Waals surface area contributed by atoms with Crippen LogP contribution in [-0.4, -0.2) is 26.9 Å². The molecule has 0 aliphatic carbocycles. The molecule has 7 heteroatoms. The number of hydrogen-bond acceptors (Lipinski definition) is 5. The number of nitrogens with two attached hydrogens (primary N) is 1. The third-order valence-electron chi connectivity index (χ3n) is 2.47. The van der Waals surface area contributed by atoms with Gasteiger partial charge in [0.2, 0.25) is 0 Å². The molecule has 0 atom stereocenters. The second-order valence-electron chi connectivity index (χ2n) is 3.90. The molecule has 0 spiro atoms. The Morgan fingerprint density at radius 1 is 1.39 bits per heavy atom. The number of hydrogen-bond donors (Lipinski definition) is 1. The van der Waals surface area contributed by atoms with Crippen LogP contribution in [0, 0.1) is 13.8 Å². The smallest absolute Gasteiger partial charge is 0.159 e. The molecule has 0 aromatic carbocycles.